The van der Waals surface area contributed by atoms with Crippen molar-refractivity contribution in [2.45, 2.75) is 37.4 Å². The van der Waals surface area contributed by atoms with E-state index in [9.17, 15) is 22.8 Å². The fraction of sp³-hybridized carbons (Fsp3) is 0.429. The number of carbonyl (C=O) groups is 2. The first-order valence-corrected chi connectivity index (χ1v) is 6.87. The highest BCUT2D eigenvalue weighted by atomic mass is 35.5. The highest BCUT2D eigenvalue weighted by Crippen LogP contribution is 2.51. The van der Waals surface area contributed by atoms with Gasteiger partial charge in [0, 0.05) is 5.02 Å². The van der Waals surface area contributed by atoms with E-state index in [0.717, 1.165) is 18.2 Å². The maximum absolute atomic E-state index is 12.8. The molecule has 1 fully saturated rings. The number of nitrogens with one attached hydrogen (secondary N) is 1. The Labute approximate surface area is 129 Å². The third kappa shape index (κ3) is 3.04. The average Bonchev–Trinajstić information content (AvgIpc) is 3.19. The molecule has 0 radical (unpaired) electrons. The SMILES string of the molecule is C[C@H](NC(=O)C1(c2cc(C(F)(F)F)ccc2Cl)CC1)C(=O)O. The number of carboxylic acids is 1. The average molecular weight is 336 g/mol. The van der Waals surface area contributed by atoms with Crippen molar-refractivity contribution >= 4 is 23.5 Å². The van der Waals surface area contributed by atoms with E-state index in [4.69, 9.17) is 16.7 Å². The van der Waals surface area contributed by atoms with E-state index in [1.54, 1.807) is 0 Å². The molecule has 1 saturated carbocycles. The minimum absolute atomic E-state index is 0.0589. The number of benzene rings is 1. The number of rotatable bonds is 4. The smallest absolute Gasteiger partial charge is 0.416 e. The van der Waals surface area contributed by atoms with Crippen molar-refractivity contribution in [2.24, 2.45) is 0 Å². The predicted octanol–water partition coefficient (Wildman–Crippen LogP) is 2.98. The molecule has 1 aromatic rings. The molecule has 22 heavy (non-hydrogen) atoms. The van der Waals surface area contributed by atoms with Crippen LogP contribution in [0.2, 0.25) is 5.02 Å². The Bertz CT molecular complexity index is 626. The van der Waals surface area contributed by atoms with Gasteiger partial charge in [-0.3, -0.25) is 9.59 Å². The second kappa shape index (κ2) is 5.46. The molecule has 2 N–H and O–H groups in total. The second-order valence-corrected chi connectivity index (χ2v) is 5.72. The molecule has 1 aromatic carbocycles. The van der Waals surface area contributed by atoms with Gasteiger partial charge in [-0.15, -0.1) is 0 Å². The van der Waals surface area contributed by atoms with E-state index in [0.29, 0.717) is 12.8 Å². The van der Waals surface area contributed by atoms with Crippen molar-refractivity contribution in [3.05, 3.63) is 34.3 Å². The minimum Gasteiger partial charge on any atom is -0.480 e. The van der Waals surface area contributed by atoms with E-state index in [1.807, 2.05) is 0 Å². The molecule has 0 aromatic heterocycles. The van der Waals surface area contributed by atoms with Crippen molar-refractivity contribution in [3.8, 4) is 0 Å². The number of carboxylic acid groups (broad SMARTS) is 1. The minimum atomic E-state index is -4.54. The zero-order chi connectivity index (χ0) is 16.7. The molecule has 0 heterocycles. The van der Waals surface area contributed by atoms with Crippen molar-refractivity contribution < 1.29 is 27.9 Å². The largest absolute Gasteiger partial charge is 0.480 e. The lowest BCUT2D eigenvalue weighted by Crippen LogP contribution is -2.44. The highest BCUT2D eigenvalue weighted by Gasteiger charge is 2.53. The van der Waals surface area contributed by atoms with Gasteiger partial charge in [0.15, 0.2) is 0 Å². The van der Waals surface area contributed by atoms with Crippen LogP contribution in [0.3, 0.4) is 0 Å². The van der Waals surface area contributed by atoms with Crippen LogP contribution in [0.1, 0.15) is 30.9 Å². The number of halogens is 4. The van der Waals surface area contributed by atoms with Crippen LogP contribution in [0.15, 0.2) is 18.2 Å². The molecule has 1 aliphatic carbocycles. The lowest BCUT2D eigenvalue weighted by molar-refractivity contribution is -0.141. The van der Waals surface area contributed by atoms with E-state index in [2.05, 4.69) is 5.32 Å². The molecule has 120 valence electrons. The molecule has 1 atom stereocenters. The zero-order valence-corrected chi connectivity index (χ0v) is 12.3. The van der Waals surface area contributed by atoms with Crippen LogP contribution in [0, 0.1) is 0 Å². The third-order valence-corrected chi connectivity index (χ3v) is 4.04. The van der Waals surface area contributed by atoms with Crippen LogP contribution >= 0.6 is 11.6 Å². The van der Waals surface area contributed by atoms with Gasteiger partial charge >= 0.3 is 12.1 Å². The van der Waals surface area contributed by atoms with Gasteiger partial charge in [-0.25, -0.2) is 0 Å². The lowest BCUT2D eigenvalue weighted by Gasteiger charge is -2.20. The van der Waals surface area contributed by atoms with Crippen LogP contribution in [0.5, 0.6) is 0 Å². The van der Waals surface area contributed by atoms with E-state index in [-0.39, 0.29) is 10.6 Å². The predicted molar refractivity (Wildman–Crippen MR) is 72.6 cm³/mol. The first kappa shape index (κ1) is 16.6. The van der Waals surface area contributed by atoms with Gasteiger partial charge in [-0.05, 0) is 43.5 Å². The zero-order valence-electron chi connectivity index (χ0n) is 11.5. The van der Waals surface area contributed by atoms with Gasteiger partial charge in [0.1, 0.15) is 6.04 Å². The summed E-state index contributed by atoms with van der Waals surface area (Å²) in [6.45, 7) is 1.28. The summed E-state index contributed by atoms with van der Waals surface area (Å²) in [7, 11) is 0. The Kier molecular flexibility index (Phi) is 4.12. The van der Waals surface area contributed by atoms with Gasteiger partial charge in [-0.1, -0.05) is 11.6 Å². The summed E-state index contributed by atoms with van der Waals surface area (Å²) in [5.41, 5.74) is -1.99. The number of hydrogen-bond acceptors (Lipinski definition) is 2. The number of amides is 1. The summed E-state index contributed by atoms with van der Waals surface area (Å²) >= 11 is 5.95. The third-order valence-electron chi connectivity index (χ3n) is 3.71. The summed E-state index contributed by atoms with van der Waals surface area (Å²) in [4.78, 5) is 23.0. The molecule has 0 bridgehead atoms. The Morgan fingerprint density at radius 2 is 1.95 bits per heavy atom. The van der Waals surface area contributed by atoms with Crippen LogP contribution in [-0.2, 0) is 21.2 Å². The first-order valence-electron chi connectivity index (χ1n) is 6.49. The van der Waals surface area contributed by atoms with Gasteiger partial charge in [0.2, 0.25) is 5.91 Å². The van der Waals surface area contributed by atoms with Crippen LogP contribution < -0.4 is 5.32 Å². The number of carbonyl (C=O) groups excluding carboxylic acids is 1. The number of alkyl halides is 3. The number of aliphatic carboxylic acids is 1. The molecule has 0 spiro atoms. The molecular formula is C14H13ClF3NO3. The van der Waals surface area contributed by atoms with Crippen molar-refractivity contribution in [1.82, 2.24) is 5.32 Å². The summed E-state index contributed by atoms with van der Waals surface area (Å²) in [6, 6.07) is 1.68. The van der Waals surface area contributed by atoms with Crippen molar-refractivity contribution in [2.75, 3.05) is 0 Å². The lowest BCUT2D eigenvalue weighted by atomic mass is 9.92. The molecule has 0 saturated heterocycles. The summed E-state index contributed by atoms with van der Waals surface area (Å²) in [6.07, 6.45) is -3.89. The van der Waals surface area contributed by atoms with E-state index >= 15 is 0 Å². The summed E-state index contributed by atoms with van der Waals surface area (Å²) in [5.74, 6) is -1.84. The van der Waals surface area contributed by atoms with Crippen molar-refractivity contribution in [1.29, 1.82) is 0 Å². The van der Waals surface area contributed by atoms with E-state index < -0.39 is 35.1 Å². The number of hydrogen-bond donors (Lipinski definition) is 2. The Balaban J connectivity index is 2.34. The van der Waals surface area contributed by atoms with Gasteiger partial charge in [-0.2, -0.15) is 13.2 Å². The van der Waals surface area contributed by atoms with Gasteiger partial charge in [0.05, 0.1) is 11.0 Å². The summed E-state index contributed by atoms with van der Waals surface area (Å²) in [5, 5.41) is 11.1. The highest BCUT2D eigenvalue weighted by molar-refractivity contribution is 6.32. The maximum atomic E-state index is 12.8. The molecule has 0 aliphatic heterocycles. The fourth-order valence-electron chi connectivity index (χ4n) is 2.21. The standard InChI is InChI=1S/C14H13ClF3NO3/c1-7(11(20)21)19-12(22)13(4-5-13)9-6-8(14(16,17)18)2-3-10(9)15/h2-3,6-7H,4-5H2,1H3,(H,19,22)(H,20,21)/t7-/m0/s1. The fourth-order valence-corrected chi connectivity index (χ4v) is 2.51. The van der Waals surface area contributed by atoms with E-state index in [1.165, 1.54) is 6.92 Å². The Morgan fingerprint density at radius 3 is 2.41 bits per heavy atom. The van der Waals surface area contributed by atoms with Crippen LogP contribution in [0.25, 0.3) is 0 Å². The second-order valence-electron chi connectivity index (χ2n) is 5.31. The molecule has 8 heteroatoms. The summed E-state index contributed by atoms with van der Waals surface area (Å²) < 4.78 is 38.4. The van der Waals surface area contributed by atoms with Crippen molar-refractivity contribution in [3.63, 3.8) is 0 Å². The molecule has 0 unspecified atom stereocenters. The topological polar surface area (TPSA) is 66.4 Å². The van der Waals surface area contributed by atoms with Gasteiger partial charge in [0.25, 0.3) is 0 Å². The Morgan fingerprint density at radius 1 is 1.36 bits per heavy atom. The molecule has 4 nitrogen and oxygen atoms in total. The normalized spacial score (nSPS) is 17.7. The van der Waals surface area contributed by atoms with Crippen LogP contribution in [-0.4, -0.2) is 23.0 Å². The van der Waals surface area contributed by atoms with Gasteiger partial charge < -0.3 is 10.4 Å². The Hall–Kier alpha value is -1.76. The first-order chi connectivity index (χ1) is 10.1. The maximum Gasteiger partial charge on any atom is 0.416 e. The quantitative estimate of drug-likeness (QED) is 0.889. The monoisotopic (exact) mass is 335 g/mol. The molecular weight excluding hydrogens is 323 g/mol. The molecule has 2 rings (SSSR count). The molecule has 1 aliphatic rings. The molecule has 1 amide bonds. The van der Waals surface area contributed by atoms with Crippen LogP contribution in [0.4, 0.5) is 13.2 Å².